The highest BCUT2D eigenvalue weighted by Gasteiger charge is 2.17. The van der Waals surface area contributed by atoms with Gasteiger partial charge in [0.2, 0.25) is 11.8 Å². The lowest BCUT2D eigenvalue weighted by Crippen LogP contribution is -2.49. The van der Waals surface area contributed by atoms with Gasteiger partial charge in [0.05, 0.1) is 13.2 Å². The van der Waals surface area contributed by atoms with Gasteiger partial charge in [-0.15, -0.1) is 0 Å². The van der Waals surface area contributed by atoms with E-state index in [9.17, 15) is 9.59 Å². The zero-order valence-corrected chi connectivity index (χ0v) is 11.5. The first kappa shape index (κ1) is 15.3. The molecular weight excluding hydrogens is 254 g/mol. The summed E-state index contributed by atoms with van der Waals surface area (Å²) in [5, 5.41) is 5.36. The van der Waals surface area contributed by atoms with Crippen molar-refractivity contribution >= 4 is 24.4 Å². The zero-order valence-electron chi connectivity index (χ0n) is 10.6. The first-order valence-corrected chi connectivity index (χ1v) is 6.72. The third-order valence-corrected chi connectivity index (χ3v) is 3.07. The van der Waals surface area contributed by atoms with Gasteiger partial charge in [0.25, 0.3) is 0 Å². The Morgan fingerprint density at radius 1 is 1.39 bits per heavy atom. The van der Waals surface area contributed by atoms with E-state index >= 15 is 0 Å². The number of carbonyl (C=O) groups excluding carboxylic acids is 2. The molecule has 1 rings (SSSR count). The molecule has 0 aromatic heterocycles. The lowest BCUT2D eigenvalue weighted by Gasteiger charge is -2.26. The van der Waals surface area contributed by atoms with Crippen LogP contribution in [0.15, 0.2) is 0 Å². The van der Waals surface area contributed by atoms with Crippen LogP contribution in [0.2, 0.25) is 0 Å². The predicted molar refractivity (Wildman–Crippen MR) is 71.7 cm³/mol. The fourth-order valence-corrected chi connectivity index (χ4v) is 1.98. The van der Waals surface area contributed by atoms with Gasteiger partial charge in [-0.3, -0.25) is 14.5 Å². The summed E-state index contributed by atoms with van der Waals surface area (Å²) in [5.74, 6) is -0.117. The minimum absolute atomic E-state index is 0.187. The molecule has 2 N–H and O–H groups in total. The van der Waals surface area contributed by atoms with Crippen molar-refractivity contribution < 1.29 is 14.3 Å². The first-order chi connectivity index (χ1) is 8.63. The summed E-state index contributed by atoms with van der Waals surface area (Å²) in [6, 6.07) is -0.560. The largest absolute Gasteiger partial charge is 0.379 e. The number of ether oxygens (including phenoxy) is 1. The Labute approximate surface area is 113 Å². The Bertz CT molecular complexity index is 283. The number of amides is 2. The number of thiol groups is 1. The number of hydrogen-bond acceptors (Lipinski definition) is 5. The molecule has 7 heteroatoms. The Morgan fingerprint density at radius 2 is 2.06 bits per heavy atom. The topological polar surface area (TPSA) is 70.7 Å². The maximum absolute atomic E-state index is 11.7. The van der Waals surface area contributed by atoms with E-state index < -0.39 is 6.04 Å². The zero-order chi connectivity index (χ0) is 13.4. The molecule has 1 aliphatic heterocycles. The van der Waals surface area contributed by atoms with Gasteiger partial charge in [-0.1, -0.05) is 0 Å². The molecule has 1 unspecified atom stereocenters. The SMILES string of the molecule is CC(=O)NC(CS)C(=O)NCCN1CCOCC1. The Hall–Kier alpha value is -0.790. The van der Waals surface area contributed by atoms with E-state index in [2.05, 4.69) is 28.2 Å². The third-order valence-electron chi connectivity index (χ3n) is 2.71. The van der Waals surface area contributed by atoms with E-state index in [1.165, 1.54) is 6.92 Å². The Morgan fingerprint density at radius 3 is 2.61 bits per heavy atom. The molecule has 18 heavy (non-hydrogen) atoms. The van der Waals surface area contributed by atoms with E-state index in [0.717, 1.165) is 32.8 Å². The van der Waals surface area contributed by atoms with Gasteiger partial charge in [-0.05, 0) is 0 Å². The van der Waals surface area contributed by atoms with E-state index in [1.807, 2.05) is 0 Å². The molecule has 0 bridgehead atoms. The smallest absolute Gasteiger partial charge is 0.243 e. The van der Waals surface area contributed by atoms with Crippen molar-refractivity contribution in [2.45, 2.75) is 13.0 Å². The van der Waals surface area contributed by atoms with Crippen LogP contribution >= 0.6 is 12.6 Å². The summed E-state index contributed by atoms with van der Waals surface area (Å²) in [6.45, 7) is 6.06. The monoisotopic (exact) mass is 275 g/mol. The maximum Gasteiger partial charge on any atom is 0.243 e. The average Bonchev–Trinajstić information content (AvgIpc) is 2.36. The molecule has 0 spiro atoms. The van der Waals surface area contributed by atoms with E-state index in [1.54, 1.807) is 0 Å². The number of nitrogens with zero attached hydrogens (tertiary/aromatic N) is 1. The molecule has 1 fully saturated rings. The van der Waals surface area contributed by atoms with Crippen LogP contribution in [-0.4, -0.2) is 67.9 Å². The standard InChI is InChI=1S/C11H21N3O3S/c1-9(15)13-10(8-18)11(16)12-2-3-14-4-6-17-7-5-14/h10,18H,2-8H2,1H3,(H,12,16)(H,13,15). The summed E-state index contributed by atoms with van der Waals surface area (Å²) in [6.07, 6.45) is 0. The summed E-state index contributed by atoms with van der Waals surface area (Å²) >= 11 is 4.05. The highest BCUT2D eigenvalue weighted by Crippen LogP contribution is 1.95. The molecule has 1 saturated heterocycles. The van der Waals surface area contributed by atoms with Crippen molar-refractivity contribution in [2.75, 3.05) is 45.1 Å². The van der Waals surface area contributed by atoms with Crippen molar-refractivity contribution in [3.63, 3.8) is 0 Å². The number of carbonyl (C=O) groups is 2. The average molecular weight is 275 g/mol. The van der Waals surface area contributed by atoms with Crippen LogP contribution in [0.3, 0.4) is 0 Å². The van der Waals surface area contributed by atoms with E-state index in [-0.39, 0.29) is 11.8 Å². The van der Waals surface area contributed by atoms with Gasteiger partial charge in [-0.2, -0.15) is 12.6 Å². The van der Waals surface area contributed by atoms with Gasteiger partial charge in [0.15, 0.2) is 0 Å². The molecule has 0 saturated carbocycles. The molecule has 6 nitrogen and oxygen atoms in total. The van der Waals surface area contributed by atoms with Gasteiger partial charge in [0, 0.05) is 38.9 Å². The molecule has 1 aliphatic rings. The van der Waals surface area contributed by atoms with Gasteiger partial charge in [0.1, 0.15) is 6.04 Å². The van der Waals surface area contributed by atoms with Crippen LogP contribution < -0.4 is 10.6 Å². The van der Waals surface area contributed by atoms with Crippen molar-refractivity contribution in [3.05, 3.63) is 0 Å². The molecule has 0 aromatic carbocycles. The summed E-state index contributed by atoms with van der Waals surface area (Å²) in [7, 11) is 0. The van der Waals surface area contributed by atoms with Crippen LogP contribution in [0, 0.1) is 0 Å². The molecule has 0 aromatic rings. The minimum Gasteiger partial charge on any atom is -0.379 e. The third kappa shape index (κ3) is 5.70. The van der Waals surface area contributed by atoms with E-state index in [0.29, 0.717) is 12.3 Å². The summed E-state index contributed by atoms with van der Waals surface area (Å²) in [4.78, 5) is 24.9. The van der Waals surface area contributed by atoms with Gasteiger partial charge < -0.3 is 15.4 Å². The van der Waals surface area contributed by atoms with Crippen molar-refractivity contribution in [1.82, 2.24) is 15.5 Å². The molecule has 1 atom stereocenters. The van der Waals surface area contributed by atoms with Crippen LogP contribution in [0.25, 0.3) is 0 Å². The van der Waals surface area contributed by atoms with Crippen molar-refractivity contribution in [3.8, 4) is 0 Å². The fraction of sp³-hybridized carbons (Fsp3) is 0.818. The van der Waals surface area contributed by atoms with Crippen LogP contribution in [-0.2, 0) is 14.3 Å². The molecule has 0 radical (unpaired) electrons. The summed E-state index contributed by atoms with van der Waals surface area (Å²) < 4.78 is 5.24. The molecule has 104 valence electrons. The highest BCUT2D eigenvalue weighted by atomic mass is 32.1. The van der Waals surface area contributed by atoms with Crippen LogP contribution in [0.4, 0.5) is 0 Å². The second kappa shape index (κ2) is 8.34. The van der Waals surface area contributed by atoms with Gasteiger partial charge in [-0.25, -0.2) is 0 Å². The Balaban J connectivity index is 2.20. The molecular formula is C11H21N3O3S. The lowest BCUT2D eigenvalue weighted by molar-refractivity contribution is -0.127. The predicted octanol–water partition coefficient (Wildman–Crippen LogP) is -1.13. The number of morpholine rings is 1. The number of rotatable bonds is 6. The second-order valence-corrected chi connectivity index (χ2v) is 4.55. The summed E-state index contributed by atoms with van der Waals surface area (Å²) in [5.41, 5.74) is 0. The molecule has 2 amide bonds. The molecule has 1 heterocycles. The minimum atomic E-state index is -0.560. The lowest BCUT2D eigenvalue weighted by atomic mass is 10.3. The fourth-order valence-electron chi connectivity index (χ4n) is 1.72. The van der Waals surface area contributed by atoms with Gasteiger partial charge >= 0.3 is 0 Å². The maximum atomic E-state index is 11.7. The van der Waals surface area contributed by atoms with Crippen LogP contribution in [0.1, 0.15) is 6.92 Å². The van der Waals surface area contributed by atoms with E-state index in [4.69, 9.17) is 4.74 Å². The van der Waals surface area contributed by atoms with Crippen LogP contribution in [0.5, 0.6) is 0 Å². The quantitative estimate of drug-likeness (QED) is 0.537. The number of nitrogens with one attached hydrogen (secondary N) is 2. The highest BCUT2D eigenvalue weighted by molar-refractivity contribution is 7.80. The van der Waals surface area contributed by atoms with Crippen molar-refractivity contribution in [2.24, 2.45) is 0 Å². The van der Waals surface area contributed by atoms with Crippen molar-refractivity contribution in [1.29, 1.82) is 0 Å². The number of hydrogen-bond donors (Lipinski definition) is 3. The second-order valence-electron chi connectivity index (χ2n) is 4.18. The Kier molecular flexibility index (Phi) is 7.07. The molecule has 0 aliphatic carbocycles. The first-order valence-electron chi connectivity index (χ1n) is 6.09. The normalized spacial score (nSPS) is 18.1.